The van der Waals surface area contributed by atoms with Crippen LogP contribution >= 0.6 is 0 Å². The zero-order chi connectivity index (χ0) is 11.5. The number of hydrogen-bond acceptors (Lipinski definition) is 2. The number of aliphatic hydroxyl groups is 1. The van der Waals surface area contributed by atoms with E-state index in [0.717, 1.165) is 12.8 Å². The van der Waals surface area contributed by atoms with E-state index in [1.807, 2.05) is 24.1 Å². The summed E-state index contributed by atoms with van der Waals surface area (Å²) in [7, 11) is 1.93. The minimum absolute atomic E-state index is 0.127. The van der Waals surface area contributed by atoms with E-state index >= 15 is 0 Å². The average molecular weight is 222 g/mol. The molecule has 1 aliphatic rings. The molecule has 3 unspecified atom stereocenters. The van der Waals surface area contributed by atoms with Crippen LogP contribution in [0.2, 0.25) is 0 Å². The van der Waals surface area contributed by atoms with Gasteiger partial charge in [0.2, 0.25) is 0 Å². The van der Waals surface area contributed by atoms with Gasteiger partial charge in [-0.15, -0.1) is 0 Å². The molecule has 0 spiro atoms. The van der Waals surface area contributed by atoms with Crippen molar-refractivity contribution in [3.05, 3.63) is 18.0 Å². The van der Waals surface area contributed by atoms with Gasteiger partial charge in [0.25, 0.3) is 0 Å². The maximum absolute atomic E-state index is 10.2. The van der Waals surface area contributed by atoms with Gasteiger partial charge >= 0.3 is 0 Å². The van der Waals surface area contributed by atoms with Crippen LogP contribution in [0.25, 0.3) is 0 Å². The van der Waals surface area contributed by atoms with Gasteiger partial charge in [-0.2, -0.15) is 5.10 Å². The molecule has 1 aromatic rings. The lowest BCUT2D eigenvalue weighted by Crippen LogP contribution is -2.23. The molecule has 0 amide bonds. The Bertz CT molecular complexity index is 334. The summed E-state index contributed by atoms with van der Waals surface area (Å²) in [5.41, 5.74) is 1.23. The van der Waals surface area contributed by atoms with Gasteiger partial charge < -0.3 is 5.11 Å². The Hall–Kier alpha value is -0.830. The highest BCUT2D eigenvalue weighted by Crippen LogP contribution is 2.34. The van der Waals surface area contributed by atoms with E-state index < -0.39 is 0 Å². The minimum Gasteiger partial charge on any atom is -0.393 e. The first-order valence-corrected chi connectivity index (χ1v) is 6.32. The standard InChI is InChI=1S/C13H22N2O/c1-10-4-3-5-12(10)13(16)7-6-11-8-14-15(2)9-11/h8-10,12-13,16H,3-7H2,1-2H3. The largest absolute Gasteiger partial charge is 0.393 e. The number of aryl methyl sites for hydroxylation is 2. The second kappa shape index (κ2) is 5.00. The summed E-state index contributed by atoms with van der Waals surface area (Å²) in [6.45, 7) is 2.27. The van der Waals surface area contributed by atoms with Crippen LogP contribution in [0, 0.1) is 11.8 Å². The van der Waals surface area contributed by atoms with Gasteiger partial charge in [-0.3, -0.25) is 4.68 Å². The van der Waals surface area contributed by atoms with Crippen LogP contribution in [0.4, 0.5) is 0 Å². The van der Waals surface area contributed by atoms with Crippen molar-refractivity contribution < 1.29 is 5.11 Å². The zero-order valence-electron chi connectivity index (χ0n) is 10.3. The number of rotatable bonds is 4. The van der Waals surface area contributed by atoms with Crippen LogP contribution in [0.1, 0.15) is 38.2 Å². The lowest BCUT2D eigenvalue weighted by atomic mass is 9.89. The summed E-state index contributed by atoms with van der Waals surface area (Å²) in [4.78, 5) is 0. The Balaban J connectivity index is 1.81. The third-order valence-electron chi connectivity index (χ3n) is 3.91. The second-order valence-corrected chi connectivity index (χ2v) is 5.20. The summed E-state index contributed by atoms with van der Waals surface area (Å²) < 4.78 is 1.82. The van der Waals surface area contributed by atoms with Gasteiger partial charge in [0.05, 0.1) is 12.3 Å². The summed E-state index contributed by atoms with van der Waals surface area (Å²) in [5, 5.41) is 14.3. The molecule has 3 atom stereocenters. The second-order valence-electron chi connectivity index (χ2n) is 5.20. The Morgan fingerprint density at radius 2 is 2.38 bits per heavy atom. The highest BCUT2D eigenvalue weighted by molar-refractivity contribution is 5.04. The molecule has 1 N–H and O–H groups in total. The molecule has 0 aliphatic heterocycles. The molecule has 3 heteroatoms. The predicted octanol–water partition coefficient (Wildman–Crippen LogP) is 2.15. The zero-order valence-corrected chi connectivity index (χ0v) is 10.3. The summed E-state index contributed by atoms with van der Waals surface area (Å²) in [5.74, 6) is 1.22. The van der Waals surface area contributed by atoms with Gasteiger partial charge in [-0.05, 0) is 36.7 Å². The van der Waals surface area contributed by atoms with E-state index in [1.165, 1.54) is 24.8 Å². The van der Waals surface area contributed by atoms with E-state index in [9.17, 15) is 5.11 Å². The number of aromatic nitrogens is 2. The average Bonchev–Trinajstić information content (AvgIpc) is 2.84. The first kappa shape index (κ1) is 11.6. The van der Waals surface area contributed by atoms with Crippen LogP contribution in [-0.4, -0.2) is 21.0 Å². The molecule has 0 bridgehead atoms. The molecular formula is C13H22N2O. The third-order valence-corrected chi connectivity index (χ3v) is 3.91. The smallest absolute Gasteiger partial charge is 0.0574 e. The monoisotopic (exact) mass is 222 g/mol. The van der Waals surface area contributed by atoms with Crippen LogP contribution in [0.15, 0.2) is 12.4 Å². The molecule has 0 aromatic carbocycles. The van der Waals surface area contributed by atoms with Crippen molar-refractivity contribution in [3.63, 3.8) is 0 Å². The fraction of sp³-hybridized carbons (Fsp3) is 0.769. The molecule has 2 rings (SSSR count). The molecule has 1 saturated carbocycles. The fourth-order valence-electron chi connectivity index (χ4n) is 2.88. The van der Waals surface area contributed by atoms with E-state index in [-0.39, 0.29) is 6.10 Å². The Morgan fingerprint density at radius 3 is 2.94 bits per heavy atom. The number of hydrogen-bond donors (Lipinski definition) is 1. The highest BCUT2D eigenvalue weighted by Gasteiger charge is 2.29. The quantitative estimate of drug-likeness (QED) is 0.847. The molecular weight excluding hydrogens is 200 g/mol. The van der Waals surface area contributed by atoms with Crippen molar-refractivity contribution in [1.29, 1.82) is 0 Å². The van der Waals surface area contributed by atoms with Crippen molar-refractivity contribution in [2.24, 2.45) is 18.9 Å². The van der Waals surface area contributed by atoms with E-state index in [4.69, 9.17) is 0 Å². The summed E-state index contributed by atoms with van der Waals surface area (Å²) >= 11 is 0. The molecule has 0 radical (unpaired) electrons. The first-order chi connectivity index (χ1) is 7.66. The van der Waals surface area contributed by atoms with Crippen molar-refractivity contribution in [2.45, 2.75) is 45.1 Å². The van der Waals surface area contributed by atoms with Crippen LogP contribution in [0.5, 0.6) is 0 Å². The van der Waals surface area contributed by atoms with Gasteiger partial charge in [-0.25, -0.2) is 0 Å². The molecule has 1 fully saturated rings. The lowest BCUT2D eigenvalue weighted by Gasteiger charge is -2.21. The maximum atomic E-state index is 10.2. The van der Waals surface area contributed by atoms with Crippen molar-refractivity contribution in [1.82, 2.24) is 9.78 Å². The Labute approximate surface area is 97.5 Å². The molecule has 90 valence electrons. The molecule has 0 saturated heterocycles. The highest BCUT2D eigenvalue weighted by atomic mass is 16.3. The van der Waals surface area contributed by atoms with E-state index in [0.29, 0.717) is 11.8 Å². The summed E-state index contributed by atoms with van der Waals surface area (Å²) in [6, 6.07) is 0. The third kappa shape index (κ3) is 2.64. The van der Waals surface area contributed by atoms with Crippen molar-refractivity contribution in [3.8, 4) is 0 Å². The molecule has 1 aromatic heterocycles. The number of nitrogens with zero attached hydrogens (tertiary/aromatic N) is 2. The van der Waals surface area contributed by atoms with Crippen LogP contribution in [-0.2, 0) is 13.5 Å². The predicted molar refractivity (Wildman–Crippen MR) is 64.0 cm³/mol. The molecule has 16 heavy (non-hydrogen) atoms. The van der Waals surface area contributed by atoms with Gasteiger partial charge in [-0.1, -0.05) is 19.8 Å². The van der Waals surface area contributed by atoms with E-state index in [1.54, 1.807) is 0 Å². The summed E-state index contributed by atoms with van der Waals surface area (Å²) in [6.07, 6.45) is 9.39. The SMILES string of the molecule is CC1CCCC1C(O)CCc1cnn(C)c1. The van der Waals surface area contributed by atoms with Gasteiger partial charge in [0.1, 0.15) is 0 Å². The van der Waals surface area contributed by atoms with Gasteiger partial charge in [0, 0.05) is 13.2 Å². The number of aliphatic hydroxyl groups excluding tert-OH is 1. The van der Waals surface area contributed by atoms with Crippen molar-refractivity contribution in [2.75, 3.05) is 0 Å². The van der Waals surface area contributed by atoms with Crippen LogP contribution in [0.3, 0.4) is 0 Å². The van der Waals surface area contributed by atoms with Crippen LogP contribution < -0.4 is 0 Å². The minimum atomic E-state index is -0.127. The topological polar surface area (TPSA) is 38.1 Å². The molecule has 1 heterocycles. The van der Waals surface area contributed by atoms with Crippen molar-refractivity contribution >= 4 is 0 Å². The van der Waals surface area contributed by atoms with E-state index in [2.05, 4.69) is 12.0 Å². The Morgan fingerprint density at radius 1 is 1.56 bits per heavy atom. The molecule has 1 aliphatic carbocycles. The first-order valence-electron chi connectivity index (χ1n) is 6.32. The fourth-order valence-corrected chi connectivity index (χ4v) is 2.88. The molecule has 3 nitrogen and oxygen atoms in total. The normalized spacial score (nSPS) is 27.2. The van der Waals surface area contributed by atoms with Gasteiger partial charge in [0.15, 0.2) is 0 Å². The maximum Gasteiger partial charge on any atom is 0.0574 e. The Kier molecular flexibility index (Phi) is 3.64. The lowest BCUT2D eigenvalue weighted by molar-refractivity contribution is 0.0822.